The summed E-state index contributed by atoms with van der Waals surface area (Å²) in [6.45, 7) is 0.817. The lowest BCUT2D eigenvalue weighted by molar-refractivity contribution is 0.403. The van der Waals surface area contributed by atoms with Gasteiger partial charge in [0.2, 0.25) is 0 Å². The van der Waals surface area contributed by atoms with E-state index in [0.717, 1.165) is 38.1 Å². The zero-order valence-corrected chi connectivity index (χ0v) is 12.0. The van der Waals surface area contributed by atoms with Crippen LogP contribution in [-0.4, -0.2) is 25.0 Å². The highest BCUT2D eigenvalue weighted by Gasteiger charge is 2.17. The number of hydrogen-bond acceptors (Lipinski definition) is 5. The van der Waals surface area contributed by atoms with Gasteiger partial charge in [-0.25, -0.2) is 0 Å². The van der Waals surface area contributed by atoms with Crippen molar-refractivity contribution in [1.29, 1.82) is 5.26 Å². The van der Waals surface area contributed by atoms with Gasteiger partial charge in [-0.1, -0.05) is 12.5 Å². The van der Waals surface area contributed by atoms with Gasteiger partial charge in [-0.15, -0.1) is 10.2 Å². The van der Waals surface area contributed by atoms with Crippen LogP contribution < -0.4 is 0 Å². The molecule has 1 aliphatic heterocycles. The number of fused-ring (bicyclic) bond motifs is 1. The van der Waals surface area contributed by atoms with Crippen molar-refractivity contribution in [2.24, 2.45) is 0 Å². The van der Waals surface area contributed by atoms with Crippen molar-refractivity contribution in [3.63, 3.8) is 0 Å². The van der Waals surface area contributed by atoms with E-state index in [0.29, 0.717) is 17.0 Å². The molecule has 1 aromatic carbocycles. The van der Waals surface area contributed by atoms with Gasteiger partial charge in [-0.3, -0.25) is 0 Å². The number of aromatic nitrogens is 3. The van der Waals surface area contributed by atoms with Crippen molar-refractivity contribution in [2.45, 2.75) is 32.2 Å². The van der Waals surface area contributed by atoms with Crippen LogP contribution in [0.25, 0.3) is 11.6 Å². The summed E-state index contributed by atoms with van der Waals surface area (Å²) < 4.78 is 2.00. The first-order valence-corrected chi connectivity index (χ1v) is 7.25. The third-order valence-corrected chi connectivity index (χ3v) is 3.78. The number of allylic oxidation sites excluding steroid dienone is 1. The topological polar surface area (TPSA) is 95.0 Å². The molecule has 1 aliphatic rings. The van der Waals surface area contributed by atoms with Gasteiger partial charge in [0.1, 0.15) is 11.9 Å². The molecule has 6 nitrogen and oxygen atoms in total. The molecule has 0 saturated heterocycles. The molecule has 2 aromatic rings. The van der Waals surface area contributed by atoms with Gasteiger partial charge in [0.25, 0.3) is 0 Å². The number of phenols is 2. The quantitative estimate of drug-likeness (QED) is 0.655. The maximum Gasteiger partial charge on any atom is 0.174 e. The van der Waals surface area contributed by atoms with Crippen LogP contribution in [-0.2, 0) is 13.0 Å². The second kappa shape index (κ2) is 5.90. The molecule has 0 saturated carbocycles. The Labute approximate surface area is 128 Å². The van der Waals surface area contributed by atoms with E-state index < -0.39 is 0 Å². The lowest BCUT2D eigenvalue weighted by Crippen LogP contribution is -2.05. The SMILES string of the molecule is N#C/C(=C\c1ccc(O)c(O)c1)c1nnc2n1CCCCC2. The van der Waals surface area contributed by atoms with E-state index in [1.165, 1.54) is 12.1 Å². The van der Waals surface area contributed by atoms with Crippen LogP contribution in [0.5, 0.6) is 11.5 Å². The molecule has 0 fully saturated rings. The van der Waals surface area contributed by atoms with Gasteiger partial charge >= 0.3 is 0 Å². The van der Waals surface area contributed by atoms with E-state index in [1.54, 1.807) is 12.1 Å². The average molecular weight is 296 g/mol. The second-order valence-corrected chi connectivity index (χ2v) is 5.32. The van der Waals surface area contributed by atoms with E-state index in [4.69, 9.17) is 0 Å². The highest BCUT2D eigenvalue weighted by atomic mass is 16.3. The van der Waals surface area contributed by atoms with Gasteiger partial charge in [0.15, 0.2) is 17.3 Å². The lowest BCUT2D eigenvalue weighted by Gasteiger charge is -2.06. The second-order valence-electron chi connectivity index (χ2n) is 5.32. The first kappa shape index (κ1) is 14.1. The van der Waals surface area contributed by atoms with Crippen molar-refractivity contribution in [3.8, 4) is 17.6 Å². The molecule has 112 valence electrons. The maximum atomic E-state index is 9.55. The van der Waals surface area contributed by atoms with Crippen molar-refractivity contribution in [3.05, 3.63) is 35.4 Å². The molecule has 0 unspecified atom stereocenters. The van der Waals surface area contributed by atoms with Gasteiger partial charge in [-0.2, -0.15) is 5.26 Å². The van der Waals surface area contributed by atoms with E-state index in [2.05, 4.69) is 16.3 Å². The third-order valence-electron chi connectivity index (χ3n) is 3.78. The van der Waals surface area contributed by atoms with Crippen LogP contribution in [0.15, 0.2) is 18.2 Å². The van der Waals surface area contributed by atoms with Crippen LogP contribution in [0.2, 0.25) is 0 Å². The van der Waals surface area contributed by atoms with E-state index in [1.807, 2.05) is 4.57 Å². The largest absolute Gasteiger partial charge is 0.504 e. The van der Waals surface area contributed by atoms with Crippen molar-refractivity contribution in [2.75, 3.05) is 0 Å². The molecule has 2 N–H and O–H groups in total. The molecule has 6 heteroatoms. The summed E-state index contributed by atoms with van der Waals surface area (Å²) in [5, 5.41) is 36.7. The van der Waals surface area contributed by atoms with Crippen LogP contribution in [0.1, 0.15) is 36.5 Å². The van der Waals surface area contributed by atoms with Gasteiger partial charge in [-0.05, 0) is 36.6 Å². The number of aryl methyl sites for hydroxylation is 1. The Morgan fingerprint density at radius 3 is 2.82 bits per heavy atom. The summed E-state index contributed by atoms with van der Waals surface area (Å²) in [5.74, 6) is 1.08. The van der Waals surface area contributed by atoms with Crippen LogP contribution in [0.3, 0.4) is 0 Å². The minimum atomic E-state index is -0.217. The first-order chi connectivity index (χ1) is 10.7. The molecular weight excluding hydrogens is 280 g/mol. The fourth-order valence-electron chi connectivity index (χ4n) is 2.63. The first-order valence-electron chi connectivity index (χ1n) is 7.25. The summed E-state index contributed by atoms with van der Waals surface area (Å²) in [5.41, 5.74) is 1.02. The third kappa shape index (κ3) is 2.66. The molecule has 0 radical (unpaired) electrons. The molecule has 0 aliphatic carbocycles. The van der Waals surface area contributed by atoms with Crippen molar-refractivity contribution in [1.82, 2.24) is 14.8 Å². The molecule has 0 amide bonds. The number of benzene rings is 1. The Hall–Kier alpha value is -2.81. The van der Waals surface area contributed by atoms with E-state index >= 15 is 0 Å². The Kier molecular flexibility index (Phi) is 3.79. The van der Waals surface area contributed by atoms with Crippen LogP contribution >= 0.6 is 0 Å². The highest BCUT2D eigenvalue weighted by molar-refractivity contribution is 5.87. The summed E-state index contributed by atoms with van der Waals surface area (Å²) in [6.07, 6.45) is 5.82. The van der Waals surface area contributed by atoms with Crippen LogP contribution in [0, 0.1) is 11.3 Å². The number of aromatic hydroxyl groups is 2. The Balaban J connectivity index is 2.01. The molecule has 0 atom stereocenters. The minimum absolute atomic E-state index is 0.188. The molecule has 1 aromatic heterocycles. The number of hydrogen-bond donors (Lipinski definition) is 2. The van der Waals surface area contributed by atoms with Crippen molar-refractivity contribution >= 4 is 11.6 Å². The zero-order valence-electron chi connectivity index (χ0n) is 12.0. The van der Waals surface area contributed by atoms with E-state index in [-0.39, 0.29) is 11.5 Å². The number of rotatable bonds is 2. The Morgan fingerprint density at radius 1 is 1.18 bits per heavy atom. The normalized spacial score (nSPS) is 15.0. The highest BCUT2D eigenvalue weighted by Crippen LogP contribution is 2.27. The monoisotopic (exact) mass is 296 g/mol. The average Bonchev–Trinajstić information content (AvgIpc) is 2.77. The lowest BCUT2D eigenvalue weighted by atomic mass is 10.1. The molecular formula is C16H16N4O2. The fraction of sp³-hybridized carbons (Fsp3) is 0.312. The number of nitriles is 1. The standard InChI is InChI=1S/C16H16N4O2/c17-10-12(8-11-5-6-13(21)14(22)9-11)16-19-18-15-4-2-1-3-7-20(15)16/h5-6,8-9,21-22H,1-4,7H2/b12-8+. The Bertz CT molecular complexity index is 771. The van der Waals surface area contributed by atoms with Gasteiger partial charge in [0.05, 0.1) is 5.57 Å². The minimum Gasteiger partial charge on any atom is -0.504 e. The van der Waals surface area contributed by atoms with Gasteiger partial charge in [0, 0.05) is 13.0 Å². The molecule has 3 rings (SSSR count). The Morgan fingerprint density at radius 2 is 2.05 bits per heavy atom. The summed E-state index contributed by atoms with van der Waals surface area (Å²) >= 11 is 0. The predicted molar refractivity (Wildman–Crippen MR) is 80.8 cm³/mol. The van der Waals surface area contributed by atoms with Crippen molar-refractivity contribution < 1.29 is 10.2 Å². The summed E-state index contributed by atoms with van der Waals surface area (Å²) in [7, 11) is 0. The maximum absolute atomic E-state index is 9.55. The number of nitrogens with zero attached hydrogens (tertiary/aromatic N) is 4. The molecule has 0 bridgehead atoms. The molecule has 22 heavy (non-hydrogen) atoms. The smallest absolute Gasteiger partial charge is 0.174 e. The predicted octanol–water partition coefficient (Wildman–Crippen LogP) is 2.48. The summed E-state index contributed by atoms with van der Waals surface area (Å²) in [4.78, 5) is 0. The zero-order chi connectivity index (χ0) is 15.5. The fourth-order valence-corrected chi connectivity index (χ4v) is 2.63. The molecule has 0 spiro atoms. The van der Waals surface area contributed by atoms with Crippen LogP contribution in [0.4, 0.5) is 0 Å². The summed E-state index contributed by atoms with van der Waals surface area (Å²) in [6, 6.07) is 6.58. The number of phenolic OH excluding ortho intramolecular Hbond substituents is 2. The van der Waals surface area contributed by atoms with Gasteiger partial charge < -0.3 is 14.8 Å². The van der Waals surface area contributed by atoms with E-state index in [9.17, 15) is 15.5 Å². The molecule has 2 heterocycles.